The molecule has 0 saturated heterocycles. The van der Waals surface area contributed by atoms with Crippen LogP contribution in [-0.4, -0.2) is 39.3 Å². The zero-order valence-electron chi connectivity index (χ0n) is 16.3. The van der Waals surface area contributed by atoms with Gasteiger partial charge in [0.2, 0.25) is 0 Å². The lowest BCUT2D eigenvalue weighted by Crippen LogP contribution is -2.15. The van der Waals surface area contributed by atoms with E-state index in [1.54, 1.807) is 12.1 Å². The van der Waals surface area contributed by atoms with Crippen molar-refractivity contribution in [3.63, 3.8) is 0 Å². The Morgan fingerprint density at radius 3 is 2.65 bits per heavy atom. The number of ether oxygens (including phenoxy) is 2. The molecule has 0 aliphatic rings. The van der Waals surface area contributed by atoms with Gasteiger partial charge in [0.05, 0.1) is 19.6 Å². The Kier molecular flexibility index (Phi) is 5.70. The van der Waals surface area contributed by atoms with Crippen molar-refractivity contribution in [3.8, 4) is 11.4 Å². The normalized spacial score (nSPS) is 11.3. The Hall–Kier alpha value is -4.47. The molecule has 0 atom stereocenters. The van der Waals surface area contributed by atoms with Crippen LogP contribution in [0.25, 0.3) is 23.2 Å². The predicted octanol–water partition coefficient (Wildman–Crippen LogP) is 3.05. The van der Waals surface area contributed by atoms with Crippen LogP contribution in [0.2, 0.25) is 0 Å². The summed E-state index contributed by atoms with van der Waals surface area (Å²) in [6.45, 7) is -0.297. The predicted molar refractivity (Wildman–Crippen MR) is 106 cm³/mol. The molecule has 0 N–H and O–H groups in total. The van der Waals surface area contributed by atoms with E-state index in [1.165, 1.54) is 36.5 Å². The molecule has 0 aliphatic heterocycles. The smallest absolute Gasteiger partial charge is 0.357 e. The van der Waals surface area contributed by atoms with Gasteiger partial charge in [0.25, 0.3) is 0 Å². The summed E-state index contributed by atoms with van der Waals surface area (Å²) >= 11 is 0. The van der Waals surface area contributed by atoms with Gasteiger partial charge in [0.1, 0.15) is 11.3 Å². The van der Waals surface area contributed by atoms with E-state index in [0.29, 0.717) is 17.1 Å². The molecule has 0 spiro atoms. The Bertz CT molecular complexity index is 1210. The highest BCUT2D eigenvalue weighted by atomic mass is 16.5. The number of benzene rings is 1. The molecule has 0 saturated carbocycles. The Labute approximate surface area is 175 Å². The maximum absolute atomic E-state index is 13.0. The maximum atomic E-state index is 13.0. The van der Waals surface area contributed by atoms with Crippen molar-refractivity contribution in [1.29, 1.82) is 0 Å². The minimum Gasteiger partial charge on any atom is -0.465 e. The number of hydrogen-bond donors (Lipinski definition) is 0. The van der Waals surface area contributed by atoms with Gasteiger partial charge in [-0.25, -0.2) is 9.59 Å². The van der Waals surface area contributed by atoms with Crippen LogP contribution in [0.5, 0.6) is 0 Å². The molecule has 156 valence electrons. The van der Waals surface area contributed by atoms with Crippen molar-refractivity contribution in [3.05, 3.63) is 78.1 Å². The molecule has 1 aromatic carbocycles. The summed E-state index contributed by atoms with van der Waals surface area (Å²) in [7, 11) is 1.25. The molecule has 4 aromatic rings. The molecule has 0 fully saturated rings. The largest absolute Gasteiger partial charge is 0.465 e. The summed E-state index contributed by atoms with van der Waals surface area (Å²) in [5.74, 6) is -0.470. The molecule has 0 aliphatic carbocycles. The van der Waals surface area contributed by atoms with Gasteiger partial charge in [-0.3, -0.25) is 0 Å². The number of tetrazole rings is 1. The first-order chi connectivity index (χ1) is 15.2. The number of carbonyl (C=O) groups is 2. The van der Waals surface area contributed by atoms with Crippen LogP contribution in [0.4, 0.5) is 0 Å². The van der Waals surface area contributed by atoms with E-state index in [9.17, 15) is 9.59 Å². The average Bonchev–Trinajstić information content (AvgIpc) is 3.57. The van der Waals surface area contributed by atoms with Crippen LogP contribution in [-0.2, 0) is 20.9 Å². The first-order valence-electron chi connectivity index (χ1n) is 9.08. The Morgan fingerprint density at radius 2 is 1.90 bits per heavy atom. The third kappa shape index (κ3) is 4.27. The molecule has 10 nitrogen and oxygen atoms in total. The van der Waals surface area contributed by atoms with E-state index >= 15 is 0 Å². The highest BCUT2D eigenvalue weighted by molar-refractivity contribution is 6.15. The van der Waals surface area contributed by atoms with Crippen molar-refractivity contribution in [2.45, 2.75) is 6.61 Å². The summed E-state index contributed by atoms with van der Waals surface area (Å²) < 4.78 is 21.9. The standard InChI is InChI=1S/C21H16N4O6/c1-28-20(26)16-9-11-30-18(16)13-31-21(27)17(12-15-8-5-10-29-15)25-19(22-23-24-25)14-6-3-2-4-7-14/h2-12H,13H2,1H3/b17-12-. The van der Waals surface area contributed by atoms with E-state index in [-0.39, 0.29) is 23.6 Å². The van der Waals surface area contributed by atoms with Crippen LogP contribution >= 0.6 is 0 Å². The summed E-state index contributed by atoms with van der Waals surface area (Å²) in [5, 5.41) is 11.7. The average molecular weight is 420 g/mol. The van der Waals surface area contributed by atoms with Crippen LogP contribution in [0.1, 0.15) is 21.9 Å². The van der Waals surface area contributed by atoms with Crippen LogP contribution in [0, 0.1) is 0 Å². The fourth-order valence-electron chi connectivity index (χ4n) is 2.78. The lowest BCUT2D eigenvalue weighted by Gasteiger charge is -2.09. The number of aromatic nitrogens is 4. The fraction of sp³-hybridized carbons (Fsp3) is 0.0952. The van der Waals surface area contributed by atoms with Crippen molar-refractivity contribution in [2.24, 2.45) is 0 Å². The molecule has 0 unspecified atom stereocenters. The molecule has 10 heteroatoms. The number of carbonyl (C=O) groups excluding carboxylic acids is 2. The lowest BCUT2D eigenvalue weighted by atomic mass is 10.2. The number of hydrogen-bond acceptors (Lipinski definition) is 9. The van der Waals surface area contributed by atoms with Crippen LogP contribution in [0.3, 0.4) is 0 Å². The van der Waals surface area contributed by atoms with Crippen LogP contribution < -0.4 is 0 Å². The molecular weight excluding hydrogens is 404 g/mol. The van der Waals surface area contributed by atoms with Gasteiger partial charge in [-0.15, -0.1) is 5.10 Å². The summed E-state index contributed by atoms with van der Waals surface area (Å²) in [6, 6.07) is 13.9. The molecule has 0 radical (unpaired) electrons. The van der Waals surface area contributed by atoms with Crippen molar-refractivity contribution >= 4 is 23.7 Å². The molecule has 4 rings (SSSR count). The van der Waals surface area contributed by atoms with Crippen molar-refractivity contribution in [2.75, 3.05) is 7.11 Å². The number of methoxy groups -OCH3 is 1. The van der Waals surface area contributed by atoms with E-state index in [0.717, 1.165) is 0 Å². The Morgan fingerprint density at radius 1 is 1.06 bits per heavy atom. The Balaban J connectivity index is 1.65. The van der Waals surface area contributed by atoms with E-state index in [2.05, 4.69) is 20.3 Å². The van der Waals surface area contributed by atoms with Crippen molar-refractivity contribution in [1.82, 2.24) is 20.2 Å². The number of esters is 2. The SMILES string of the molecule is COC(=O)c1ccoc1COC(=O)/C(=C/c1ccco1)n1nnnc1-c1ccccc1. The minimum absolute atomic E-state index is 0.00461. The molecular formula is C21H16N4O6. The quantitative estimate of drug-likeness (QED) is 0.328. The van der Waals surface area contributed by atoms with E-state index in [4.69, 9.17) is 13.6 Å². The van der Waals surface area contributed by atoms with E-state index < -0.39 is 11.9 Å². The van der Waals surface area contributed by atoms with Gasteiger partial charge in [-0.2, -0.15) is 4.68 Å². The molecule has 3 heterocycles. The lowest BCUT2D eigenvalue weighted by molar-refractivity contribution is -0.138. The highest BCUT2D eigenvalue weighted by Crippen LogP contribution is 2.22. The summed E-state index contributed by atoms with van der Waals surface area (Å²) in [5.41, 5.74) is 0.869. The van der Waals surface area contributed by atoms with Gasteiger partial charge >= 0.3 is 11.9 Å². The number of furan rings is 2. The summed E-state index contributed by atoms with van der Waals surface area (Å²) in [4.78, 5) is 24.8. The molecule has 3 aromatic heterocycles. The number of rotatable bonds is 7. The third-order valence-corrected chi connectivity index (χ3v) is 4.25. The second-order valence-electron chi connectivity index (χ2n) is 6.15. The van der Waals surface area contributed by atoms with Gasteiger partial charge < -0.3 is 18.3 Å². The van der Waals surface area contributed by atoms with Crippen LogP contribution in [0.15, 0.2) is 69.9 Å². The maximum Gasteiger partial charge on any atom is 0.357 e. The third-order valence-electron chi connectivity index (χ3n) is 4.25. The minimum atomic E-state index is -0.756. The first-order valence-corrected chi connectivity index (χ1v) is 9.08. The van der Waals surface area contributed by atoms with Crippen molar-refractivity contribution < 1.29 is 27.9 Å². The van der Waals surface area contributed by atoms with Gasteiger partial charge in [-0.05, 0) is 28.6 Å². The zero-order valence-corrected chi connectivity index (χ0v) is 16.3. The van der Waals surface area contributed by atoms with Gasteiger partial charge in [-0.1, -0.05) is 30.3 Å². The molecule has 31 heavy (non-hydrogen) atoms. The summed E-state index contributed by atoms with van der Waals surface area (Å²) in [6.07, 6.45) is 4.23. The molecule has 0 amide bonds. The monoisotopic (exact) mass is 420 g/mol. The fourth-order valence-corrected chi connectivity index (χ4v) is 2.78. The van der Waals surface area contributed by atoms with Gasteiger partial charge in [0, 0.05) is 11.6 Å². The topological polar surface area (TPSA) is 122 Å². The second-order valence-corrected chi connectivity index (χ2v) is 6.15. The van der Waals surface area contributed by atoms with Gasteiger partial charge in [0.15, 0.2) is 23.9 Å². The second kappa shape index (κ2) is 8.91. The highest BCUT2D eigenvalue weighted by Gasteiger charge is 2.23. The first kappa shape index (κ1) is 19.8. The molecule has 0 bridgehead atoms. The van der Waals surface area contributed by atoms with E-state index in [1.807, 2.05) is 30.3 Å². The number of nitrogens with zero attached hydrogens (tertiary/aromatic N) is 4. The zero-order chi connectivity index (χ0) is 21.6.